The lowest BCUT2D eigenvalue weighted by atomic mass is 9.84. The number of halogens is 1. The summed E-state index contributed by atoms with van der Waals surface area (Å²) in [7, 11) is 0. The molecule has 0 atom stereocenters. The minimum Gasteiger partial charge on any atom is -0.370 e. The van der Waals surface area contributed by atoms with Gasteiger partial charge in [-0.05, 0) is 59.4 Å². The molecule has 1 aliphatic rings. The molecule has 0 fully saturated rings. The molecule has 1 aliphatic carbocycles. The van der Waals surface area contributed by atoms with E-state index in [1.54, 1.807) is 18.2 Å². The third-order valence-electron chi connectivity index (χ3n) is 4.03. The first-order chi connectivity index (χ1) is 12.0. The van der Waals surface area contributed by atoms with Gasteiger partial charge in [0.2, 0.25) is 0 Å². The van der Waals surface area contributed by atoms with E-state index in [2.05, 4.69) is 4.99 Å². The van der Waals surface area contributed by atoms with Crippen LogP contribution in [-0.4, -0.2) is 11.9 Å². The topological polar surface area (TPSA) is 105 Å². The average molecular weight is 334 g/mol. The smallest absolute Gasteiger partial charge is 0.280 e. The van der Waals surface area contributed by atoms with Crippen LogP contribution in [0.2, 0.25) is 0 Å². The summed E-state index contributed by atoms with van der Waals surface area (Å²) >= 11 is 0. The van der Waals surface area contributed by atoms with Gasteiger partial charge in [0.25, 0.3) is 5.91 Å². The van der Waals surface area contributed by atoms with Crippen LogP contribution in [0.25, 0.3) is 5.57 Å². The third-order valence-corrected chi connectivity index (χ3v) is 4.03. The predicted molar refractivity (Wildman–Crippen MR) is 93.1 cm³/mol. The lowest BCUT2D eigenvalue weighted by Gasteiger charge is -2.19. The molecule has 0 spiro atoms. The van der Waals surface area contributed by atoms with Crippen LogP contribution in [0.1, 0.15) is 39.0 Å². The monoisotopic (exact) mass is 334 g/mol. The summed E-state index contributed by atoms with van der Waals surface area (Å²) in [4.78, 5) is 15.6. The summed E-state index contributed by atoms with van der Waals surface area (Å²) in [6.07, 6.45) is 3.61. The lowest BCUT2D eigenvalue weighted by molar-refractivity contribution is 0.100. The number of rotatable bonds is 2. The van der Waals surface area contributed by atoms with Gasteiger partial charge in [0, 0.05) is 5.56 Å². The lowest BCUT2D eigenvalue weighted by Crippen LogP contribution is -2.24. The molecule has 0 aliphatic heterocycles. The first kappa shape index (κ1) is 16.4. The van der Waals surface area contributed by atoms with E-state index >= 15 is 0 Å². The number of nitriles is 1. The van der Waals surface area contributed by atoms with Crippen LogP contribution >= 0.6 is 0 Å². The first-order valence-corrected chi connectivity index (χ1v) is 7.67. The molecule has 0 unspecified atom stereocenters. The second-order valence-electron chi connectivity index (χ2n) is 5.67. The predicted octanol–water partition coefficient (Wildman–Crippen LogP) is 2.49. The highest BCUT2D eigenvalue weighted by atomic mass is 19.1. The molecule has 2 aromatic carbocycles. The largest absolute Gasteiger partial charge is 0.370 e. The van der Waals surface area contributed by atoms with Crippen molar-refractivity contribution in [1.29, 1.82) is 5.26 Å². The van der Waals surface area contributed by atoms with E-state index in [9.17, 15) is 14.4 Å². The Morgan fingerprint density at radius 2 is 1.96 bits per heavy atom. The summed E-state index contributed by atoms with van der Waals surface area (Å²) in [6, 6.07) is 11.4. The fourth-order valence-electron chi connectivity index (χ4n) is 2.94. The number of carbonyl (C=O) groups is 1. The van der Waals surface area contributed by atoms with E-state index in [0.717, 1.165) is 29.5 Å². The SMILES string of the molecule is N#Cc1cc(F)ccc1C1=CCCc2ccc(C(=O)N=C(N)N)cc21. The zero-order valence-electron chi connectivity index (χ0n) is 13.3. The van der Waals surface area contributed by atoms with Gasteiger partial charge in [0.1, 0.15) is 5.82 Å². The van der Waals surface area contributed by atoms with Gasteiger partial charge in [0.05, 0.1) is 11.6 Å². The minimum atomic E-state index is -0.535. The summed E-state index contributed by atoms with van der Waals surface area (Å²) in [5, 5.41) is 9.32. The van der Waals surface area contributed by atoms with Crippen molar-refractivity contribution in [3.63, 3.8) is 0 Å². The fraction of sp³-hybridized carbons (Fsp3) is 0.105. The summed E-state index contributed by atoms with van der Waals surface area (Å²) in [5.41, 5.74) is 14.4. The van der Waals surface area contributed by atoms with Gasteiger partial charge in [-0.2, -0.15) is 10.3 Å². The number of nitrogens with zero attached hydrogens (tertiary/aromatic N) is 2. The molecule has 2 aromatic rings. The highest BCUT2D eigenvalue weighted by Gasteiger charge is 2.19. The first-order valence-electron chi connectivity index (χ1n) is 7.67. The number of hydrogen-bond donors (Lipinski definition) is 2. The van der Waals surface area contributed by atoms with Gasteiger partial charge in [-0.25, -0.2) is 4.39 Å². The number of fused-ring (bicyclic) bond motifs is 1. The van der Waals surface area contributed by atoms with Gasteiger partial charge >= 0.3 is 0 Å². The standard InChI is InChI=1S/C19H15FN4O/c20-14-6-7-15(13(8-14)10-21)16-3-1-2-11-4-5-12(9-17(11)16)18(25)24-19(22)23/h3-9H,1-2H2,(H4,22,23,24,25). The quantitative estimate of drug-likeness (QED) is 0.650. The Balaban J connectivity index is 2.12. The number of aryl methyl sites for hydroxylation is 1. The Hall–Kier alpha value is -3.46. The van der Waals surface area contributed by atoms with Crippen molar-refractivity contribution in [2.75, 3.05) is 0 Å². The van der Waals surface area contributed by atoms with Crippen LogP contribution in [0.5, 0.6) is 0 Å². The number of benzene rings is 2. The van der Waals surface area contributed by atoms with E-state index < -0.39 is 11.7 Å². The van der Waals surface area contributed by atoms with Crippen molar-refractivity contribution < 1.29 is 9.18 Å². The van der Waals surface area contributed by atoms with Gasteiger partial charge in [-0.15, -0.1) is 0 Å². The summed E-state index contributed by atoms with van der Waals surface area (Å²) in [6.45, 7) is 0. The molecule has 0 radical (unpaired) electrons. The van der Waals surface area contributed by atoms with Crippen molar-refractivity contribution in [3.05, 3.63) is 76.1 Å². The second-order valence-corrected chi connectivity index (χ2v) is 5.67. The van der Waals surface area contributed by atoms with Crippen LogP contribution < -0.4 is 11.5 Å². The number of hydrogen-bond acceptors (Lipinski definition) is 2. The normalized spacial score (nSPS) is 12.6. The van der Waals surface area contributed by atoms with Crippen LogP contribution in [0.3, 0.4) is 0 Å². The molecule has 4 N–H and O–H groups in total. The van der Waals surface area contributed by atoms with Crippen LogP contribution in [0, 0.1) is 17.1 Å². The summed E-state index contributed by atoms with van der Waals surface area (Å²) < 4.78 is 13.4. The maximum atomic E-state index is 13.4. The fourth-order valence-corrected chi connectivity index (χ4v) is 2.94. The molecule has 25 heavy (non-hydrogen) atoms. The molecule has 0 saturated carbocycles. The zero-order chi connectivity index (χ0) is 18.0. The third kappa shape index (κ3) is 3.26. The van der Waals surface area contributed by atoms with Crippen molar-refractivity contribution in [3.8, 4) is 6.07 Å². The minimum absolute atomic E-state index is 0.250. The van der Waals surface area contributed by atoms with Gasteiger partial charge in [-0.3, -0.25) is 4.79 Å². The Kier molecular flexibility index (Phi) is 4.31. The van der Waals surface area contributed by atoms with Crippen molar-refractivity contribution in [2.45, 2.75) is 12.8 Å². The van der Waals surface area contributed by atoms with E-state index in [-0.39, 0.29) is 11.5 Å². The number of aliphatic imine (C=N–C) groups is 1. The highest BCUT2D eigenvalue weighted by molar-refractivity contribution is 6.02. The number of guanidine groups is 1. The Labute approximate surface area is 144 Å². The zero-order valence-corrected chi connectivity index (χ0v) is 13.3. The number of allylic oxidation sites excluding steroid dienone is 1. The van der Waals surface area contributed by atoms with Gasteiger partial charge in [0.15, 0.2) is 5.96 Å². The van der Waals surface area contributed by atoms with E-state index in [1.807, 2.05) is 18.2 Å². The Morgan fingerprint density at radius 1 is 1.16 bits per heavy atom. The second kappa shape index (κ2) is 6.57. The number of amides is 1. The number of carbonyl (C=O) groups excluding carboxylic acids is 1. The molecule has 5 nitrogen and oxygen atoms in total. The number of nitrogens with two attached hydrogens (primary N) is 2. The Morgan fingerprint density at radius 3 is 2.68 bits per heavy atom. The molecule has 124 valence electrons. The molecule has 1 amide bonds. The van der Waals surface area contributed by atoms with Gasteiger partial charge < -0.3 is 11.5 Å². The Bertz CT molecular complexity index is 966. The molecular weight excluding hydrogens is 319 g/mol. The molecule has 6 heteroatoms. The summed E-state index contributed by atoms with van der Waals surface area (Å²) in [5.74, 6) is -1.30. The van der Waals surface area contributed by atoms with Crippen molar-refractivity contribution >= 4 is 17.4 Å². The molecule has 0 heterocycles. The molecule has 0 aromatic heterocycles. The van der Waals surface area contributed by atoms with Crippen LogP contribution in [-0.2, 0) is 6.42 Å². The van der Waals surface area contributed by atoms with Crippen LogP contribution in [0.4, 0.5) is 4.39 Å². The van der Waals surface area contributed by atoms with Crippen molar-refractivity contribution in [2.24, 2.45) is 16.5 Å². The molecule has 0 saturated heterocycles. The van der Waals surface area contributed by atoms with Crippen LogP contribution in [0.15, 0.2) is 47.5 Å². The van der Waals surface area contributed by atoms with E-state index in [1.165, 1.54) is 12.1 Å². The molecular formula is C19H15FN4O. The van der Waals surface area contributed by atoms with E-state index in [4.69, 9.17) is 11.5 Å². The molecule has 0 bridgehead atoms. The molecule has 3 rings (SSSR count). The van der Waals surface area contributed by atoms with E-state index in [0.29, 0.717) is 11.1 Å². The maximum absolute atomic E-state index is 13.4. The van der Waals surface area contributed by atoms with Crippen molar-refractivity contribution in [1.82, 2.24) is 0 Å². The van der Waals surface area contributed by atoms with Gasteiger partial charge in [-0.1, -0.05) is 18.2 Å². The maximum Gasteiger partial charge on any atom is 0.280 e. The average Bonchev–Trinajstić information content (AvgIpc) is 2.60. The highest BCUT2D eigenvalue weighted by Crippen LogP contribution is 2.34.